The molecule has 0 radical (unpaired) electrons. The number of carbonyl (C=O) groups is 4. The largest absolute Gasteiger partial charge is 0.371 e. The molecule has 1 fully saturated rings. The van der Waals surface area contributed by atoms with Crippen molar-refractivity contribution in [3.05, 3.63) is 69.3 Å². The average Bonchev–Trinajstić information content (AvgIpc) is 3.39. The smallest absolute Gasteiger partial charge is 0.276 e. The first-order valence-corrected chi connectivity index (χ1v) is 11.4. The summed E-state index contributed by atoms with van der Waals surface area (Å²) < 4.78 is 0. The van der Waals surface area contributed by atoms with Crippen LogP contribution < -0.4 is 21.3 Å². The fraction of sp³-hybridized carbons (Fsp3) is 0.250. The Morgan fingerprint density at radius 2 is 1.82 bits per heavy atom. The SMILES string of the molecule is CC1(C(=O)C2=C(NCC(N)=O)C(=O)N(c3cccc(Cl)c3)C23C(=O)Nc2cc(Cl)ccc23)CC1. The van der Waals surface area contributed by atoms with E-state index in [1.54, 1.807) is 49.4 Å². The van der Waals surface area contributed by atoms with Crippen LogP contribution in [0.15, 0.2) is 53.7 Å². The Morgan fingerprint density at radius 1 is 1.12 bits per heavy atom. The van der Waals surface area contributed by atoms with Crippen molar-refractivity contribution in [3.63, 3.8) is 0 Å². The number of benzene rings is 2. The van der Waals surface area contributed by atoms with Gasteiger partial charge in [-0.1, -0.05) is 42.3 Å². The zero-order valence-corrected chi connectivity index (χ0v) is 19.6. The summed E-state index contributed by atoms with van der Waals surface area (Å²) in [5.74, 6) is -2.28. The number of halogens is 2. The number of anilines is 2. The first-order chi connectivity index (χ1) is 16.1. The Balaban J connectivity index is 1.84. The summed E-state index contributed by atoms with van der Waals surface area (Å²) in [5.41, 5.74) is 3.75. The zero-order chi connectivity index (χ0) is 24.4. The van der Waals surface area contributed by atoms with Crippen molar-refractivity contribution in [3.8, 4) is 0 Å². The molecule has 1 atom stereocenters. The molecule has 1 saturated carbocycles. The van der Waals surface area contributed by atoms with Crippen LogP contribution >= 0.6 is 23.2 Å². The number of hydrogen-bond acceptors (Lipinski definition) is 5. The van der Waals surface area contributed by atoms with Crippen molar-refractivity contribution in [2.45, 2.75) is 25.3 Å². The summed E-state index contributed by atoms with van der Waals surface area (Å²) in [6.45, 7) is 1.41. The van der Waals surface area contributed by atoms with Gasteiger partial charge < -0.3 is 16.4 Å². The molecule has 3 aliphatic rings. The fourth-order valence-electron chi connectivity index (χ4n) is 4.66. The van der Waals surface area contributed by atoms with Crippen molar-refractivity contribution >= 4 is 58.1 Å². The molecule has 34 heavy (non-hydrogen) atoms. The lowest BCUT2D eigenvalue weighted by Crippen LogP contribution is -2.52. The minimum atomic E-state index is -1.82. The third-order valence-corrected chi connectivity index (χ3v) is 7.06. The number of hydrogen-bond donors (Lipinski definition) is 3. The van der Waals surface area contributed by atoms with Gasteiger partial charge in [0, 0.05) is 32.4 Å². The van der Waals surface area contributed by atoms with Crippen LogP contribution in [0.1, 0.15) is 25.3 Å². The van der Waals surface area contributed by atoms with Crippen LogP contribution in [0.3, 0.4) is 0 Å². The molecular formula is C24H20Cl2N4O4. The van der Waals surface area contributed by atoms with E-state index in [0.29, 0.717) is 39.8 Å². The highest BCUT2D eigenvalue weighted by Gasteiger charge is 2.66. The van der Waals surface area contributed by atoms with E-state index < -0.39 is 28.7 Å². The van der Waals surface area contributed by atoms with Gasteiger partial charge in [-0.25, -0.2) is 0 Å². The Morgan fingerprint density at radius 3 is 2.47 bits per heavy atom. The molecule has 2 aromatic carbocycles. The predicted molar refractivity (Wildman–Crippen MR) is 127 cm³/mol. The molecule has 4 N–H and O–H groups in total. The molecule has 1 unspecified atom stereocenters. The monoisotopic (exact) mass is 498 g/mol. The molecule has 0 bridgehead atoms. The maximum absolute atomic E-state index is 13.9. The highest BCUT2D eigenvalue weighted by Crippen LogP contribution is 2.57. The Hall–Kier alpha value is -3.36. The second-order valence-corrected chi connectivity index (χ2v) is 9.81. The minimum absolute atomic E-state index is 0.0164. The molecule has 1 spiro atoms. The topological polar surface area (TPSA) is 122 Å². The molecule has 174 valence electrons. The first kappa shape index (κ1) is 22.4. The summed E-state index contributed by atoms with van der Waals surface area (Å²) in [4.78, 5) is 54.5. The molecule has 2 aliphatic heterocycles. The highest BCUT2D eigenvalue weighted by atomic mass is 35.5. The second kappa shape index (κ2) is 7.58. The van der Waals surface area contributed by atoms with Gasteiger partial charge in [0.05, 0.1) is 12.1 Å². The van der Waals surface area contributed by atoms with Crippen LogP contribution in [0.5, 0.6) is 0 Å². The van der Waals surface area contributed by atoms with Gasteiger partial charge in [0.1, 0.15) is 5.70 Å². The average molecular weight is 499 g/mol. The van der Waals surface area contributed by atoms with Gasteiger partial charge in [-0.3, -0.25) is 24.1 Å². The molecular weight excluding hydrogens is 479 g/mol. The highest BCUT2D eigenvalue weighted by molar-refractivity contribution is 6.33. The van der Waals surface area contributed by atoms with Gasteiger partial charge in [-0.15, -0.1) is 0 Å². The van der Waals surface area contributed by atoms with Gasteiger partial charge in [0.25, 0.3) is 11.8 Å². The van der Waals surface area contributed by atoms with Gasteiger partial charge in [-0.2, -0.15) is 0 Å². The summed E-state index contributed by atoms with van der Waals surface area (Å²) >= 11 is 12.4. The predicted octanol–water partition coefficient (Wildman–Crippen LogP) is 2.89. The normalized spacial score (nSPS) is 22.1. The van der Waals surface area contributed by atoms with Crippen LogP contribution in [-0.4, -0.2) is 30.0 Å². The van der Waals surface area contributed by atoms with Crippen LogP contribution in [0.2, 0.25) is 10.0 Å². The number of primary amides is 1. The minimum Gasteiger partial charge on any atom is -0.371 e. The summed E-state index contributed by atoms with van der Waals surface area (Å²) in [5, 5.41) is 6.26. The molecule has 10 heteroatoms. The van der Waals surface area contributed by atoms with Crippen molar-refractivity contribution in [1.82, 2.24) is 5.32 Å². The lowest BCUT2D eigenvalue weighted by Gasteiger charge is -2.36. The third kappa shape index (κ3) is 3.13. The summed E-state index contributed by atoms with van der Waals surface area (Å²) in [6.07, 6.45) is 1.24. The summed E-state index contributed by atoms with van der Waals surface area (Å²) in [6, 6.07) is 11.2. The van der Waals surface area contributed by atoms with Crippen molar-refractivity contribution < 1.29 is 19.2 Å². The molecule has 0 saturated heterocycles. The number of nitrogens with zero attached hydrogens (tertiary/aromatic N) is 1. The number of nitrogens with one attached hydrogen (secondary N) is 2. The van der Waals surface area contributed by atoms with Crippen molar-refractivity contribution in [2.24, 2.45) is 11.1 Å². The van der Waals surface area contributed by atoms with E-state index in [0.717, 1.165) is 0 Å². The molecule has 5 rings (SSSR count). The summed E-state index contributed by atoms with van der Waals surface area (Å²) in [7, 11) is 0. The van der Waals surface area contributed by atoms with Gasteiger partial charge in [-0.05, 0) is 43.2 Å². The molecule has 0 aromatic heterocycles. The number of rotatable bonds is 6. The molecule has 8 nitrogen and oxygen atoms in total. The van der Waals surface area contributed by atoms with E-state index in [9.17, 15) is 19.2 Å². The van der Waals surface area contributed by atoms with Crippen molar-refractivity contribution in [2.75, 3.05) is 16.8 Å². The number of carbonyl (C=O) groups excluding carboxylic acids is 4. The number of Topliss-reactive ketones (excluding diaryl/α,β-unsaturated/α-hetero) is 1. The standard InChI is InChI=1S/C24H20Cl2N4O4/c1-23(7-8-23)20(32)18-19(28-11-17(27)31)21(33)30(14-4-2-3-12(25)9-14)24(18)15-6-5-13(26)10-16(15)29-22(24)34/h2-6,9-10,28H,7-8,11H2,1H3,(H2,27,31)(H,29,34). The lowest BCUT2D eigenvalue weighted by molar-refractivity contribution is -0.125. The maximum Gasteiger partial charge on any atom is 0.276 e. The van der Waals surface area contributed by atoms with Gasteiger partial charge >= 0.3 is 0 Å². The second-order valence-electron chi connectivity index (χ2n) is 8.93. The van der Waals surface area contributed by atoms with E-state index in [1.165, 1.54) is 4.90 Å². The van der Waals surface area contributed by atoms with Crippen LogP contribution in [0.4, 0.5) is 11.4 Å². The van der Waals surface area contributed by atoms with E-state index >= 15 is 0 Å². The number of ketones is 1. The number of nitrogens with two attached hydrogens (primary N) is 1. The first-order valence-electron chi connectivity index (χ1n) is 10.6. The van der Waals surface area contributed by atoms with E-state index in [4.69, 9.17) is 28.9 Å². The Bertz CT molecular complexity index is 1330. The molecule has 3 amide bonds. The number of fused-ring (bicyclic) bond motifs is 2. The van der Waals surface area contributed by atoms with Crippen molar-refractivity contribution in [1.29, 1.82) is 0 Å². The maximum atomic E-state index is 13.9. The quantitative estimate of drug-likeness (QED) is 0.565. The number of amides is 3. The Kier molecular flexibility index (Phi) is 5.00. The Labute approximate surface area is 205 Å². The van der Waals surface area contributed by atoms with E-state index in [-0.39, 0.29) is 23.6 Å². The lowest BCUT2D eigenvalue weighted by atomic mass is 9.77. The molecule has 2 aromatic rings. The van der Waals surface area contributed by atoms with Gasteiger partial charge in [0.15, 0.2) is 11.3 Å². The van der Waals surface area contributed by atoms with Gasteiger partial charge in [0.2, 0.25) is 5.91 Å². The molecule has 2 heterocycles. The fourth-order valence-corrected chi connectivity index (χ4v) is 5.02. The third-order valence-electron chi connectivity index (χ3n) is 6.59. The van der Waals surface area contributed by atoms with Crippen LogP contribution in [0, 0.1) is 5.41 Å². The van der Waals surface area contributed by atoms with Crippen LogP contribution in [-0.2, 0) is 24.7 Å². The van der Waals surface area contributed by atoms with E-state index in [1.807, 2.05) is 0 Å². The molecule has 1 aliphatic carbocycles. The van der Waals surface area contributed by atoms with E-state index in [2.05, 4.69) is 10.6 Å². The van der Waals surface area contributed by atoms with Crippen LogP contribution in [0.25, 0.3) is 0 Å². The zero-order valence-electron chi connectivity index (χ0n) is 18.1.